The number of likely N-dealkylation sites (N-methyl/N-ethyl adjacent to an activating group) is 1. The van der Waals surface area contributed by atoms with E-state index < -0.39 is 0 Å². The molecule has 1 aliphatic rings. The summed E-state index contributed by atoms with van der Waals surface area (Å²) in [5, 5.41) is 0. The van der Waals surface area contributed by atoms with E-state index in [9.17, 15) is 4.39 Å². The first kappa shape index (κ1) is 14.4. The van der Waals surface area contributed by atoms with Crippen LogP contribution in [0.25, 0.3) is 0 Å². The monoisotopic (exact) mass is 265 g/mol. The normalized spacial score (nSPS) is 22.4. The first-order valence-electron chi connectivity index (χ1n) is 6.83. The number of halogens is 1. The van der Waals surface area contributed by atoms with Gasteiger partial charge in [-0.05, 0) is 38.6 Å². The summed E-state index contributed by atoms with van der Waals surface area (Å²) >= 11 is 0. The van der Waals surface area contributed by atoms with Gasteiger partial charge in [0.15, 0.2) is 0 Å². The van der Waals surface area contributed by atoms with Gasteiger partial charge >= 0.3 is 0 Å². The second-order valence-corrected chi connectivity index (χ2v) is 6.13. The SMILES string of the molecule is CN1CCN(CC(N)c2cccc(F)c2)CC1(C)C. The molecule has 2 rings (SSSR count). The highest BCUT2D eigenvalue weighted by Gasteiger charge is 2.31. The van der Waals surface area contributed by atoms with Crippen LogP contribution in [0.2, 0.25) is 0 Å². The Morgan fingerprint density at radius 1 is 1.37 bits per heavy atom. The van der Waals surface area contributed by atoms with Crippen molar-refractivity contribution >= 4 is 0 Å². The summed E-state index contributed by atoms with van der Waals surface area (Å²) in [4.78, 5) is 4.74. The van der Waals surface area contributed by atoms with Crippen LogP contribution in [0.15, 0.2) is 24.3 Å². The van der Waals surface area contributed by atoms with Crippen molar-refractivity contribution in [3.63, 3.8) is 0 Å². The zero-order valence-corrected chi connectivity index (χ0v) is 12.1. The van der Waals surface area contributed by atoms with Crippen molar-refractivity contribution in [1.29, 1.82) is 0 Å². The quantitative estimate of drug-likeness (QED) is 0.905. The molecule has 1 aromatic rings. The molecule has 19 heavy (non-hydrogen) atoms. The summed E-state index contributed by atoms with van der Waals surface area (Å²) in [7, 11) is 2.16. The maximum atomic E-state index is 13.2. The van der Waals surface area contributed by atoms with Crippen LogP contribution in [-0.4, -0.2) is 48.6 Å². The highest BCUT2D eigenvalue weighted by atomic mass is 19.1. The van der Waals surface area contributed by atoms with Crippen molar-refractivity contribution < 1.29 is 4.39 Å². The fourth-order valence-electron chi connectivity index (χ4n) is 2.62. The Kier molecular flexibility index (Phi) is 4.23. The van der Waals surface area contributed by atoms with Crippen molar-refractivity contribution in [2.75, 3.05) is 33.2 Å². The lowest BCUT2D eigenvalue weighted by Gasteiger charge is -2.46. The van der Waals surface area contributed by atoms with Crippen LogP contribution in [0.5, 0.6) is 0 Å². The lowest BCUT2D eigenvalue weighted by Crippen LogP contribution is -2.58. The van der Waals surface area contributed by atoms with Crippen LogP contribution < -0.4 is 5.73 Å². The van der Waals surface area contributed by atoms with Gasteiger partial charge in [-0.1, -0.05) is 12.1 Å². The third-order valence-electron chi connectivity index (χ3n) is 4.13. The van der Waals surface area contributed by atoms with Crippen LogP contribution in [0.3, 0.4) is 0 Å². The number of hydrogen-bond donors (Lipinski definition) is 1. The Bertz CT molecular complexity index is 433. The number of nitrogens with zero attached hydrogens (tertiary/aromatic N) is 2. The van der Waals surface area contributed by atoms with Gasteiger partial charge in [-0.2, -0.15) is 0 Å². The zero-order valence-electron chi connectivity index (χ0n) is 12.1. The average Bonchev–Trinajstić information content (AvgIpc) is 2.33. The summed E-state index contributed by atoms with van der Waals surface area (Å²) in [6.07, 6.45) is 0. The highest BCUT2D eigenvalue weighted by molar-refractivity contribution is 5.20. The van der Waals surface area contributed by atoms with Gasteiger partial charge in [0, 0.05) is 37.8 Å². The number of hydrogen-bond acceptors (Lipinski definition) is 3. The van der Waals surface area contributed by atoms with Crippen LogP contribution >= 0.6 is 0 Å². The molecule has 1 heterocycles. The van der Waals surface area contributed by atoms with Crippen molar-refractivity contribution in [1.82, 2.24) is 9.80 Å². The summed E-state index contributed by atoms with van der Waals surface area (Å²) < 4.78 is 13.2. The van der Waals surface area contributed by atoms with E-state index in [-0.39, 0.29) is 17.4 Å². The van der Waals surface area contributed by atoms with E-state index in [0.717, 1.165) is 31.7 Å². The fraction of sp³-hybridized carbons (Fsp3) is 0.600. The number of benzene rings is 1. The van der Waals surface area contributed by atoms with Gasteiger partial charge in [0.25, 0.3) is 0 Å². The van der Waals surface area contributed by atoms with Crippen LogP contribution in [0.4, 0.5) is 4.39 Å². The standard InChI is InChI=1S/C15H24FN3/c1-15(2)11-19(8-7-18(15)3)10-14(17)12-5-4-6-13(16)9-12/h4-6,9,14H,7-8,10-11,17H2,1-3H3. The number of piperazine rings is 1. The largest absolute Gasteiger partial charge is 0.323 e. The van der Waals surface area contributed by atoms with Gasteiger partial charge in [0.05, 0.1) is 0 Å². The maximum absolute atomic E-state index is 13.2. The van der Waals surface area contributed by atoms with Crippen molar-refractivity contribution in [2.45, 2.75) is 25.4 Å². The van der Waals surface area contributed by atoms with E-state index >= 15 is 0 Å². The van der Waals surface area contributed by atoms with E-state index in [0.29, 0.717) is 0 Å². The van der Waals surface area contributed by atoms with Gasteiger partial charge < -0.3 is 5.73 Å². The van der Waals surface area contributed by atoms with Crippen molar-refractivity contribution in [3.8, 4) is 0 Å². The Hall–Kier alpha value is -0.970. The molecule has 0 bridgehead atoms. The summed E-state index contributed by atoms with van der Waals surface area (Å²) in [5.74, 6) is -0.216. The third-order valence-corrected chi connectivity index (χ3v) is 4.13. The molecular formula is C15H24FN3. The molecule has 106 valence electrons. The molecule has 1 saturated heterocycles. The molecule has 0 radical (unpaired) electrons. The Morgan fingerprint density at radius 2 is 2.11 bits per heavy atom. The molecule has 0 spiro atoms. The minimum absolute atomic E-state index is 0.130. The lowest BCUT2D eigenvalue weighted by molar-refractivity contribution is 0.0371. The minimum atomic E-state index is -0.216. The Labute approximate surface area is 115 Å². The molecule has 3 nitrogen and oxygen atoms in total. The fourth-order valence-corrected chi connectivity index (χ4v) is 2.62. The van der Waals surface area contributed by atoms with Crippen molar-refractivity contribution in [3.05, 3.63) is 35.6 Å². The molecule has 1 fully saturated rings. The summed E-state index contributed by atoms with van der Waals surface area (Å²) in [6.45, 7) is 8.32. The topological polar surface area (TPSA) is 32.5 Å². The Balaban J connectivity index is 1.98. The molecule has 2 N–H and O–H groups in total. The summed E-state index contributed by atoms with van der Waals surface area (Å²) in [6, 6.07) is 6.48. The lowest BCUT2D eigenvalue weighted by atomic mass is 9.98. The van der Waals surface area contributed by atoms with E-state index in [1.807, 2.05) is 6.07 Å². The predicted molar refractivity (Wildman–Crippen MR) is 76.5 cm³/mol. The third kappa shape index (κ3) is 3.53. The average molecular weight is 265 g/mol. The molecular weight excluding hydrogens is 241 g/mol. The minimum Gasteiger partial charge on any atom is -0.323 e. The Morgan fingerprint density at radius 3 is 2.74 bits per heavy atom. The van der Waals surface area contributed by atoms with Gasteiger partial charge in [-0.15, -0.1) is 0 Å². The molecule has 4 heteroatoms. The van der Waals surface area contributed by atoms with Crippen LogP contribution in [0, 0.1) is 5.82 Å². The number of rotatable bonds is 3. The molecule has 1 unspecified atom stereocenters. The van der Waals surface area contributed by atoms with Gasteiger partial charge in [-0.3, -0.25) is 9.80 Å². The second-order valence-electron chi connectivity index (χ2n) is 6.13. The van der Waals surface area contributed by atoms with Gasteiger partial charge in [-0.25, -0.2) is 4.39 Å². The first-order valence-corrected chi connectivity index (χ1v) is 6.83. The number of nitrogens with two attached hydrogens (primary N) is 1. The highest BCUT2D eigenvalue weighted by Crippen LogP contribution is 2.21. The van der Waals surface area contributed by atoms with Crippen LogP contribution in [-0.2, 0) is 0 Å². The molecule has 0 saturated carbocycles. The summed E-state index contributed by atoms with van der Waals surface area (Å²) in [5.41, 5.74) is 7.23. The van der Waals surface area contributed by atoms with E-state index in [1.165, 1.54) is 12.1 Å². The molecule has 0 aliphatic carbocycles. The van der Waals surface area contributed by atoms with E-state index in [1.54, 1.807) is 6.07 Å². The molecule has 1 atom stereocenters. The molecule has 1 aromatic carbocycles. The van der Waals surface area contributed by atoms with Gasteiger partial charge in [0.2, 0.25) is 0 Å². The molecule has 0 amide bonds. The van der Waals surface area contributed by atoms with Crippen molar-refractivity contribution in [2.24, 2.45) is 5.73 Å². The zero-order chi connectivity index (χ0) is 14.0. The predicted octanol–water partition coefficient (Wildman–Crippen LogP) is 1.85. The van der Waals surface area contributed by atoms with E-state index in [4.69, 9.17) is 5.73 Å². The van der Waals surface area contributed by atoms with E-state index in [2.05, 4.69) is 30.7 Å². The maximum Gasteiger partial charge on any atom is 0.123 e. The van der Waals surface area contributed by atoms with Crippen LogP contribution in [0.1, 0.15) is 25.5 Å². The second kappa shape index (κ2) is 5.57. The smallest absolute Gasteiger partial charge is 0.123 e. The molecule has 1 aliphatic heterocycles. The molecule has 0 aromatic heterocycles. The first-order chi connectivity index (χ1) is 8.88. The van der Waals surface area contributed by atoms with Gasteiger partial charge in [0.1, 0.15) is 5.82 Å².